The van der Waals surface area contributed by atoms with Crippen molar-refractivity contribution in [1.82, 2.24) is 19.5 Å². The molecule has 0 spiro atoms. The summed E-state index contributed by atoms with van der Waals surface area (Å²) < 4.78 is 2.02. The van der Waals surface area contributed by atoms with Crippen molar-refractivity contribution in [1.29, 1.82) is 0 Å². The summed E-state index contributed by atoms with van der Waals surface area (Å²) in [5, 5.41) is 8.65. The van der Waals surface area contributed by atoms with Crippen LogP contribution in [0.1, 0.15) is 54.2 Å². The second kappa shape index (κ2) is 7.89. The highest BCUT2D eigenvalue weighted by Crippen LogP contribution is 2.28. The molecule has 30 heavy (non-hydrogen) atoms. The number of nitrogens with zero attached hydrogens (tertiary/aromatic N) is 5. The van der Waals surface area contributed by atoms with E-state index in [4.69, 9.17) is 0 Å². The first-order valence-electron chi connectivity index (χ1n) is 10.7. The quantitative estimate of drug-likeness (QED) is 0.673. The first kappa shape index (κ1) is 18.8. The summed E-state index contributed by atoms with van der Waals surface area (Å²) in [5.74, 6) is 1.29. The van der Waals surface area contributed by atoms with Crippen LogP contribution in [0.25, 0.3) is 5.65 Å². The maximum absolute atomic E-state index is 13.1. The summed E-state index contributed by atoms with van der Waals surface area (Å²) in [6.07, 6.45) is 6.51. The van der Waals surface area contributed by atoms with E-state index in [-0.39, 0.29) is 17.7 Å². The van der Waals surface area contributed by atoms with E-state index in [0.717, 1.165) is 55.9 Å². The molecule has 0 N–H and O–H groups in total. The van der Waals surface area contributed by atoms with Crippen LogP contribution in [0.2, 0.25) is 0 Å². The Hall–Kier alpha value is -3.22. The number of fused-ring (bicyclic) bond motifs is 1. The van der Waals surface area contributed by atoms with Crippen molar-refractivity contribution in [3.05, 3.63) is 60.0 Å². The normalized spacial score (nSPS) is 20.0. The second-order valence-corrected chi connectivity index (χ2v) is 8.13. The highest BCUT2D eigenvalue weighted by molar-refractivity contribution is 5.97. The van der Waals surface area contributed by atoms with Crippen LogP contribution in [-0.4, -0.2) is 50.9 Å². The lowest BCUT2D eigenvalue weighted by molar-refractivity contribution is -0.119. The van der Waals surface area contributed by atoms with Crippen LogP contribution in [0, 0.1) is 0 Å². The van der Waals surface area contributed by atoms with Gasteiger partial charge in [-0.15, -0.1) is 10.2 Å². The zero-order valence-corrected chi connectivity index (χ0v) is 16.9. The number of benzene rings is 1. The molecule has 7 heteroatoms. The zero-order valence-electron chi connectivity index (χ0n) is 16.9. The van der Waals surface area contributed by atoms with Crippen LogP contribution < -0.4 is 4.90 Å². The molecule has 1 unspecified atom stereocenters. The zero-order chi connectivity index (χ0) is 20.5. The smallest absolute Gasteiger partial charge is 0.253 e. The molecule has 3 aromatic rings. The molecule has 2 amide bonds. The van der Waals surface area contributed by atoms with Gasteiger partial charge in [-0.3, -0.25) is 14.0 Å². The third kappa shape index (κ3) is 3.44. The Bertz CT molecular complexity index is 1070. The van der Waals surface area contributed by atoms with E-state index in [1.165, 1.54) is 0 Å². The van der Waals surface area contributed by atoms with Gasteiger partial charge in [0, 0.05) is 49.4 Å². The molecule has 0 saturated carbocycles. The van der Waals surface area contributed by atoms with Gasteiger partial charge in [0.25, 0.3) is 5.91 Å². The molecule has 7 nitrogen and oxygen atoms in total. The third-order valence-corrected chi connectivity index (χ3v) is 6.16. The van der Waals surface area contributed by atoms with Gasteiger partial charge in [0.1, 0.15) is 5.82 Å². The lowest BCUT2D eigenvalue weighted by Crippen LogP contribution is -2.39. The predicted molar refractivity (Wildman–Crippen MR) is 114 cm³/mol. The summed E-state index contributed by atoms with van der Waals surface area (Å²) in [6, 6.07) is 13.3. The van der Waals surface area contributed by atoms with E-state index in [9.17, 15) is 9.59 Å². The molecule has 0 bridgehead atoms. The largest absolute Gasteiger partial charge is 0.338 e. The molecule has 2 saturated heterocycles. The predicted octanol–water partition coefficient (Wildman–Crippen LogP) is 3.27. The Kier molecular flexibility index (Phi) is 4.94. The van der Waals surface area contributed by atoms with Gasteiger partial charge >= 0.3 is 0 Å². The monoisotopic (exact) mass is 403 g/mol. The number of rotatable bonds is 3. The fraction of sp³-hybridized carbons (Fsp3) is 0.391. The van der Waals surface area contributed by atoms with E-state index in [2.05, 4.69) is 10.2 Å². The summed E-state index contributed by atoms with van der Waals surface area (Å²) in [5.41, 5.74) is 2.37. The molecule has 1 atom stereocenters. The van der Waals surface area contributed by atoms with Crippen molar-refractivity contribution in [3.63, 3.8) is 0 Å². The molecular formula is C23H25N5O2. The number of pyridine rings is 1. The van der Waals surface area contributed by atoms with Crippen LogP contribution in [0.5, 0.6) is 0 Å². The highest BCUT2D eigenvalue weighted by atomic mass is 16.2. The van der Waals surface area contributed by atoms with Crippen LogP contribution in [0.3, 0.4) is 0 Å². The van der Waals surface area contributed by atoms with Gasteiger partial charge in [0.2, 0.25) is 5.91 Å². The van der Waals surface area contributed by atoms with Crippen molar-refractivity contribution >= 4 is 23.1 Å². The minimum absolute atomic E-state index is 0.0324. The first-order chi connectivity index (χ1) is 14.7. The van der Waals surface area contributed by atoms with E-state index in [1.807, 2.05) is 62.9 Å². The Morgan fingerprint density at radius 2 is 1.83 bits per heavy atom. The highest BCUT2D eigenvalue weighted by Gasteiger charge is 2.28. The van der Waals surface area contributed by atoms with Crippen LogP contribution in [-0.2, 0) is 4.79 Å². The third-order valence-electron chi connectivity index (χ3n) is 6.16. The van der Waals surface area contributed by atoms with Crippen molar-refractivity contribution in [2.24, 2.45) is 0 Å². The van der Waals surface area contributed by atoms with Crippen molar-refractivity contribution < 1.29 is 9.59 Å². The standard InChI is InChI=1S/C23H25N5O2/c29-21-8-2-4-14-27(21)19-11-9-17(10-12-19)23(30)26-13-5-6-18(16-26)22-25-24-20-7-1-3-15-28(20)22/h1,3,7,9-12,15,18H,2,4-6,8,13-14,16H2. The van der Waals surface area contributed by atoms with Crippen LogP contribution in [0.15, 0.2) is 48.7 Å². The fourth-order valence-electron chi connectivity index (χ4n) is 4.56. The molecule has 0 radical (unpaired) electrons. The van der Waals surface area contributed by atoms with E-state index in [1.54, 1.807) is 0 Å². The number of carbonyl (C=O) groups is 2. The van der Waals surface area contributed by atoms with Crippen LogP contribution >= 0.6 is 0 Å². The molecule has 2 aliphatic rings. The van der Waals surface area contributed by atoms with Gasteiger partial charge < -0.3 is 9.80 Å². The number of hydrogen-bond acceptors (Lipinski definition) is 4. The van der Waals surface area contributed by atoms with Crippen LogP contribution in [0.4, 0.5) is 5.69 Å². The van der Waals surface area contributed by atoms with Gasteiger partial charge in [-0.25, -0.2) is 0 Å². The Balaban J connectivity index is 1.31. The average molecular weight is 403 g/mol. The number of likely N-dealkylation sites (tertiary alicyclic amines) is 1. The number of anilines is 1. The molecule has 154 valence electrons. The number of aromatic nitrogens is 3. The summed E-state index contributed by atoms with van der Waals surface area (Å²) in [6.45, 7) is 2.14. The lowest BCUT2D eigenvalue weighted by atomic mass is 9.96. The topological polar surface area (TPSA) is 70.8 Å². The van der Waals surface area contributed by atoms with E-state index in [0.29, 0.717) is 18.5 Å². The number of amides is 2. The number of piperidine rings is 2. The Morgan fingerprint density at radius 3 is 2.67 bits per heavy atom. The number of carbonyl (C=O) groups excluding carboxylic acids is 2. The molecule has 1 aromatic carbocycles. The number of hydrogen-bond donors (Lipinski definition) is 0. The summed E-state index contributed by atoms with van der Waals surface area (Å²) in [4.78, 5) is 29.0. The van der Waals surface area contributed by atoms with Crippen molar-refractivity contribution in [2.75, 3.05) is 24.5 Å². The SMILES string of the molecule is O=C(c1ccc(N2CCCCC2=O)cc1)N1CCCC(c2nnc3ccccn23)C1. The molecule has 2 aliphatic heterocycles. The molecule has 5 rings (SSSR count). The molecule has 2 fully saturated rings. The maximum atomic E-state index is 13.1. The van der Waals surface area contributed by atoms with Gasteiger partial charge in [-0.1, -0.05) is 6.07 Å². The molecular weight excluding hydrogens is 378 g/mol. The Labute approximate surface area is 175 Å². The van der Waals surface area contributed by atoms with Gasteiger partial charge in [0.15, 0.2) is 5.65 Å². The lowest BCUT2D eigenvalue weighted by Gasteiger charge is -2.32. The molecule has 2 aromatic heterocycles. The maximum Gasteiger partial charge on any atom is 0.253 e. The molecule has 0 aliphatic carbocycles. The van der Waals surface area contributed by atoms with Gasteiger partial charge in [-0.2, -0.15) is 0 Å². The van der Waals surface area contributed by atoms with Crippen molar-refractivity contribution in [3.8, 4) is 0 Å². The van der Waals surface area contributed by atoms with Gasteiger partial charge in [0.05, 0.1) is 0 Å². The minimum Gasteiger partial charge on any atom is -0.338 e. The van der Waals surface area contributed by atoms with Crippen molar-refractivity contribution in [2.45, 2.75) is 38.0 Å². The van der Waals surface area contributed by atoms with Gasteiger partial charge in [-0.05, 0) is 62.1 Å². The second-order valence-electron chi connectivity index (χ2n) is 8.13. The first-order valence-corrected chi connectivity index (χ1v) is 10.7. The van der Waals surface area contributed by atoms with E-state index >= 15 is 0 Å². The van der Waals surface area contributed by atoms with E-state index < -0.39 is 0 Å². The summed E-state index contributed by atoms with van der Waals surface area (Å²) in [7, 11) is 0. The molecule has 4 heterocycles. The summed E-state index contributed by atoms with van der Waals surface area (Å²) >= 11 is 0. The average Bonchev–Trinajstić information content (AvgIpc) is 3.23. The Morgan fingerprint density at radius 1 is 0.967 bits per heavy atom. The fourth-order valence-corrected chi connectivity index (χ4v) is 4.56. The minimum atomic E-state index is 0.0324.